The number of imide groups is 2. The topological polar surface area (TPSA) is 84.0 Å². The lowest BCUT2D eigenvalue weighted by molar-refractivity contribution is -0.201. The van der Waals surface area contributed by atoms with Gasteiger partial charge in [0.25, 0.3) is 23.6 Å². The summed E-state index contributed by atoms with van der Waals surface area (Å²) in [5.41, 5.74) is -0.0466. The van der Waals surface area contributed by atoms with Crippen LogP contribution in [-0.2, 0) is 24.0 Å². The fourth-order valence-electron chi connectivity index (χ4n) is 2.82. The molecule has 0 aliphatic carbocycles. The van der Waals surface area contributed by atoms with Crippen LogP contribution in [0.1, 0.15) is 59.8 Å². The predicted molar refractivity (Wildman–Crippen MR) is 85.2 cm³/mol. The van der Waals surface area contributed by atoms with E-state index in [2.05, 4.69) is 0 Å². The molecule has 4 amide bonds. The van der Waals surface area contributed by atoms with Gasteiger partial charge in [-0.3, -0.25) is 28.9 Å². The molecule has 24 heavy (non-hydrogen) atoms. The molecule has 1 unspecified atom stereocenters. The fraction of sp³-hybridized carbons (Fsp3) is 0.647. The minimum absolute atomic E-state index is 0.192. The average Bonchev–Trinajstić information content (AvgIpc) is 2.91. The Morgan fingerprint density at radius 3 is 2.21 bits per heavy atom. The summed E-state index contributed by atoms with van der Waals surface area (Å²) in [6.45, 7) is 7.23. The number of hydrogen-bond donors (Lipinski definition) is 0. The molecular weight excluding hydrogens is 312 g/mol. The van der Waals surface area contributed by atoms with E-state index >= 15 is 0 Å². The first kappa shape index (κ1) is 18.3. The molecule has 2 aliphatic heterocycles. The number of carbonyl (C=O) groups is 4. The molecule has 2 aliphatic rings. The molecule has 0 bridgehead atoms. The molecule has 7 heteroatoms. The van der Waals surface area contributed by atoms with E-state index in [1.54, 1.807) is 6.92 Å². The molecule has 0 N–H and O–H groups in total. The summed E-state index contributed by atoms with van der Waals surface area (Å²) >= 11 is 0. The van der Waals surface area contributed by atoms with E-state index in [1.807, 2.05) is 20.8 Å². The maximum Gasteiger partial charge on any atom is 0.257 e. The second-order valence-corrected chi connectivity index (χ2v) is 7.21. The first-order valence-corrected chi connectivity index (χ1v) is 8.23. The van der Waals surface area contributed by atoms with Crippen LogP contribution in [0.15, 0.2) is 11.6 Å². The summed E-state index contributed by atoms with van der Waals surface area (Å²) in [5.74, 6) is -1.15. The molecule has 7 nitrogen and oxygen atoms in total. The van der Waals surface area contributed by atoms with Crippen LogP contribution in [0.3, 0.4) is 0 Å². The SMILES string of the molecule is CC(CCCC1=CC(=O)N(C(C)(C)C)C1=O)ON1C(=O)CCC1=O. The molecule has 2 heterocycles. The fourth-order valence-corrected chi connectivity index (χ4v) is 2.82. The maximum absolute atomic E-state index is 12.3. The van der Waals surface area contributed by atoms with Gasteiger partial charge in [-0.05, 0) is 47.0 Å². The third-order valence-electron chi connectivity index (χ3n) is 4.01. The lowest BCUT2D eigenvalue weighted by Crippen LogP contribution is -2.45. The summed E-state index contributed by atoms with van der Waals surface area (Å²) < 4.78 is 0. The zero-order chi connectivity index (χ0) is 18.1. The van der Waals surface area contributed by atoms with Crippen LogP contribution >= 0.6 is 0 Å². The summed E-state index contributed by atoms with van der Waals surface area (Å²) in [6, 6.07) is 0. The first-order chi connectivity index (χ1) is 11.1. The van der Waals surface area contributed by atoms with Gasteiger partial charge in [0.1, 0.15) is 0 Å². The van der Waals surface area contributed by atoms with Gasteiger partial charge < -0.3 is 0 Å². The maximum atomic E-state index is 12.3. The zero-order valence-corrected chi connectivity index (χ0v) is 14.6. The van der Waals surface area contributed by atoms with Crippen LogP contribution in [0, 0.1) is 0 Å². The van der Waals surface area contributed by atoms with Crippen molar-refractivity contribution >= 4 is 23.6 Å². The molecule has 1 saturated heterocycles. The van der Waals surface area contributed by atoms with Crippen molar-refractivity contribution in [2.75, 3.05) is 0 Å². The molecule has 0 spiro atoms. The van der Waals surface area contributed by atoms with Crippen molar-refractivity contribution in [1.82, 2.24) is 9.96 Å². The number of carbonyl (C=O) groups excluding carboxylic acids is 4. The highest BCUT2D eigenvalue weighted by Gasteiger charge is 2.38. The van der Waals surface area contributed by atoms with Crippen molar-refractivity contribution in [3.63, 3.8) is 0 Å². The molecule has 0 aromatic rings. The summed E-state index contributed by atoms with van der Waals surface area (Å²) in [6.07, 6.45) is 3.13. The molecule has 1 atom stereocenters. The van der Waals surface area contributed by atoms with Gasteiger partial charge in [0.2, 0.25) is 0 Å². The number of hydroxylamine groups is 2. The molecule has 1 fully saturated rings. The van der Waals surface area contributed by atoms with Gasteiger partial charge in [0, 0.05) is 30.0 Å². The lowest BCUT2D eigenvalue weighted by atomic mass is 10.0. The van der Waals surface area contributed by atoms with Crippen LogP contribution in [0.5, 0.6) is 0 Å². The van der Waals surface area contributed by atoms with E-state index < -0.39 is 5.54 Å². The minimum Gasteiger partial charge on any atom is -0.272 e. The summed E-state index contributed by atoms with van der Waals surface area (Å²) in [7, 11) is 0. The number of nitrogens with zero attached hydrogens (tertiary/aromatic N) is 2. The number of hydrogen-bond acceptors (Lipinski definition) is 5. The van der Waals surface area contributed by atoms with Crippen molar-refractivity contribution in [2.24, 2.45) is 0 Å². The molecule has 0 saturated carbocycles. The van der Waals surface area contributed by atoms with Gasteiger partial charge in [-0.25, -0.2) is 0 Å². The Kier molecular flexibility index (Phi) is 5.22. The van der Waals surface area contributed by atoms with Gasteiger partial charge in [-0.2, -0.15) is 5.06 Å². The van der Waals surface area contributed by atoms with Crippen LogP contribution in [0.2, 0.25) is 0 Å². The van der Waals surface area contributed by atoms with Crippen molar-refractivity contribution in [3.8, 4) is 0 Å². The largest absolute Gasteiger partial charge is 0.272 e. The van der Waals surface area contributed by atoms with E-state index in [0.717, 1.165) is 5.06 Å². The Balaban J connectivity index is 1.81. The second kappa shape index (κ2) is 6.84. The van der Waals surface area contributed by atoms with Gasteiger partial charge in [0.05, 0.1) is 6.10 Å². The van der Waals surface area contributed by atoms with Gasteiger partial charge in [-0.15, -0.1) is 0 Å². The van der Waals surface area contributed by atoms with Crippen LogP contribution in [0.25, 0.3) is 0 Å². The van der Waals surface area contributed by atoms with Crippen molar-refractivity contribution in [1.29, 1.82) is 0 Å². The second-order valence-electron chi connectivity index (χ2n) is 7.21. The van der Waals surface area contributed by atoms with Crippen molar-refractivity contribution in [2.45, 2.75) is 71.4 Å². The average molecular weight is 336 g/mol. The van der Waals surface area contributed by atoms with E-state index in [1.165, 1.54) is 11.0 Å². The number of amides is 4. The van der Waals surface area contributed by atoms with Crippen molar-refractivity contribution < 1.29 is 24.0 Å². The predicted octanol–water partition coefficient (Wildman–Crippen LogP) is 1.72. The van der Waals surface area contributed by atoms with Crippen LogP contribution in [0.4, 0.5) is 0 Å². The third kappa shape index (κ3) is 3.90. The Morgan fingerprint density at radius 2 is 1.71 bits per heavy atom. The summed E-state index contributed by atoms with van der Waals surface area (Å²) in [5, 5.41) is 0.843. The molecular formula is C17H24N2O5. The first-order valence-electron chi connectivity index (χ1n) is 8.23. The van der Waals surface area contributed by atoms with Gasteiger partial charge >= 0.3 is 0 Å². The highest BCUT2D eigenvalue weighted by atomic mass is 16.7. The summed E-state index contributed by atoms with van der Waals surface area (Å²) in [4.78, 5) is 53.9. The van der Waals surface area contributed by atoms with Crippen LogP contribution in [-0.4, -0.2) is 45.2 Å². The third-order valence-corrected chi connectivity index (χ3v) is 4.01. The molecule has 132 valence electrons. The van der Waals surface area contributed by atoms with E-state index in [9.17, 15) is 19.2 Å². The van der Waals surface area contributed by atoms with Gasteiger partial charge in [0.15, 0.2) is 0 Å². The quantitative estimate of drug-likeness (QED) is 0.690. The number of rotatable bonds is 6. The lowest BCUT2D eigenvalue weighted by Gasteiger charge is -2.30. The monoisotopic (exact) mass is 336 g/mol. The molecule has 0 radical (unpaired) electrons. The Bertz CT molecular complexity index is 587. The van der Waals surface area contributed by atoms with E-state index in [-0.39, 0.29) is 42.6 Å². The smallest absolute Gasteiger partial charge is 0.257 e. The van der Waals surface area contributed by atoms with Gasteiger partial charge in [-0.1, -0.05) is 0 Å². The zero-order valence-electron chi connectivity index (χ0n) is 14.6. The van der Waals surface area contributed by atoms with Crippen LogP contribution < -0.4 is 0 Å². The Labute approximate surface area is 141 Å². The molecule has 0 aromatic carbocycles. The van der Waals surface area contributed by atoms with E-state index in [0.29, 0.717) is 24.8 Å². The molecule has 0 aromatic heterocycles. The van der Waals surface area contributed by atoms with E-state index in [4.69, 9.17) is 4.84 Å². The Hall–Kier alpha value is -2.02. The normalized spacial score (nSPS) is 20.2. The standard InChI is InChI=1S/C17H24N2O5/c1-11(24-19-13(20)8-9-14(19)21)6-5-7-12-10-15(22)18(16(12)23)17(2,3)4/h10-11H,5-9H2,1-4H3. The van der Waals surface area contributed by atoms with Crippen molar-refractivity contribution in [3.05, 3.63) is 11.6 Å². The highest BCUT2D eigenvalue weighted by Crippen LogP contribution is 2.26. The Morgan fingerprint density at radius 1 is 1.12 bits per heavy atom. The highest BCUT2D eigenvalue weighted by molar-refractivity contribution is 6.16. The minimum atomic E-state index is -0.542. The molecule has 2 rings (SSSR count).